The lowest BCUT2D eigenvalue weighted by atomic mass is 9.96. The Kier molecular flexibility index (Phi) is 3.83. The number of carbonyl (C=O) groups excluding carboxylic acids is 1. The monoisotopic (exact) mass is 270 g/mol. The maximum Gasteiger partial charge on any atom is 0.346 e. The van der Waals surface area contributed by atoms with E-state index in [1.807, 2.05) is 30.3 Å². The summed E-state index contributed by atoms with van der Waals surface area (Å²) in [6.07, 6.45) is 9.21. The number of rotatable bonds is 2. The molecule has 0 aromatic heterocycles. The van der Waals surface area contributed by atoms with Crippen LogP contribution in [-0.4, -0.2) is 23.7 Å². The van der Waals surface area contributed by atoms with Crippen molar-refractivity contribution in [3.05, 3.63) is 54.1 Å². The van der Waals surface area contributed by atoms with Gasteiger partial charge in [0.25, 0.3) is 0 Å². The lowest BCUT2D eigenvalue weighted by molar-refractivity contribution is -0.0762. The van der Waals surface area contributed by atoms with Gasteiger partial charge in [-0.3, -0.25) is 4.84 Å². The molecule has 0 spiro atoms. The van der Waals surface area contributed by atoms with E-state index in [9.17, 15) is 4.79 Å². The van der Waals surface area contributed by atoms with Crippen LogP contribution in [0.3, 0.4) is 0 Å². The topological polar surface area (TPSA) is 41.6 Å². The molecule has 1 atom stereocenters. The number of para-hydroxylation sites is 1. The molecule has 1 aliphatic heterocycles. The summed E-state index contributed by atoms with van der Waals surface area (Å²) in [5, 5.41) is 4.35. The molecule has 0 bridgehead atoms. The fourth-order valence-corrected chi connectivity index (χ4v) is 2.61. The number of hydrogen-bond acceptors (Lipinski definition) is 2. The lowest BCUT2D eigenvalue weighted by Crippen LogP contribution is -2.38. The van der Waals surface area contributed by atoms with Gasteiger partial charge in [-0.15, -0.1) is 0 Å². The van der Waals surface area contributed by atoms with E-state index < -0.39 is 0 Å². The molecule has 1 N–H and O–H groups in total. The Labute approximate surface area is 118 Å². The summed E-state index contributed by atoms with van der Waals surface area (Å²) in [4.78, 5) is 17.8. The Bertz CT molecular complexity index is 537. The highest BCUT2D eigenvalue weighted by Crippen LogP contribution is 2.27. The van der Waals surface area contributed by atoms with Crippen molar-refractivity contribution in [3.63, 3.8) is 0 Å². The molecule has 1 heterocycles. The standard InChI is InChI=1S/C16H18N2O2/c19-16(17-14-9-5-2-6-10-14)18-15(11-12-20-18)13-7-3-1-4-8-13/h1-3,5-7,9-10,15H,4,8,11-12H2,(H,17,19)/t15-/m0/s1. The molecule has 2 aliphatic rings. The van der Waals surface area contributed by atoms with Crippen LogP contribution in [0.2, 0.25) is 0 Å². The normalized spacial score (nSPS) is 21.7. The molecule has 1 saturated heterocycles. The number of hydroxylamine groups is 2. The molecule has 1 aromatic carbocycles. The van der Waals surface area contributed by atoms with Crippen LogP contribution in [0.4, 0.5) is 10.5 Å². The van der Waals surface area contributed by atoms with E-state index in [2.05, 4.69) is 23.5 Å². The Morgan fingerprint density at radius 2 is 2.15 bits per heavy atom. The minimum atomic E-state index is -0.200. The van der Waals surface area contributed by atoms with Gasteiger partial charge in [0, 0.05) is 12.1 Å². The second-order valence-corrected chi connectivity index (χ2v) is 4.97. The van der Waals surface area contributed by atoms with Crippen LogP contribution in [-0.2, 0) is 4.84 Å². The first-order valence-corrected chi connectivity index (χ1v) is 6.98. The van der Waals surface area contributed by atoms with Gasteiger partial charge in [0.15, 0.2) is 0 Å². The predicted octanol–water partition coefficient (Wildman–Crippen LogP) is 3.50. The van der Waals surface area contributed by atoms with E-state index in [1.165, 1.54) is 10.6 Å². The van der Waals surface area contributed by atoms with E-state index in [0.29, 0.717) is 6.61 Å². The Morgan fingerprint density at radius 1 is 1.30 bits per heavy atom. The van der Waals surface area contributed by atoms with Crippen molar-refractivity contribution >= 4 is 11.7 Å². The maximum atomic E-state index is 12.3. The number of hydrogen-bond donors (Lipinski definition) is 1. The number of nitrogens with one attached hydrogen (secondary N) is 1. The molecule has 20 heavy (non-hydrogen) atoms. The summed E-state index contributed by atoms with van der Waals surface area (Å²) in [6, 6.07) is 9.30. The Hall–Kier alpha value is -2.07. The van der Waals surface area contributed by atoms with E-state index in [-0.39, 0.29) is 12.1 Å². The number of allylic oxidation sites excluding steroid dienone is 3. The number of nitrogens with zero attached hydrogens (tertiary/aromatic N) is 1. The number of anilines is 1. The van der Waals surface area contributed by atoms with Crippen molar-refractivity contribution in [1.29, 1.82) is 0 Å². The second kappa shape index (κ2) is 5.92. The number of amides is 2. The fraction of sp³-hybridized carbons (Fsp3) is 0.312. The quantitative estimate of drug-likeness (QED) is 0.893. The van der Waals surface area contributed by atoms with Crippen LogP contribution in [0.15, 0.2) is 54.1 Å². The molecule has 0 radical (unpaired) electrons. The summed E-state index contributed by atoms with van der Waals surface area (Å²) in [7, 11) is 0. The minimum Gasteiger partial charge on any atom is -0.306 e. The lowest BCUT2D eigenvalue weighted by Gasteiger charge is -2.25. The van der Waals surface area contributed by atoms with Crippen molar-refractivity contribution in [2.75, 3.05) is 11.9 Å². The van der Waals surface area contributed by atoms with Gasteiger partial charge in [-0.05, 0) is 30.5 Å². The van der Waals surface area contributed by atoms with Gasteiger partial charge in [0.2, 0.25) is 0 Å². The van der Waals surface area contributed by atoms with Crippen LogP contribution in [0.5, 0.6) is 0 Å². The summed E-state index contributed by atoms with van der Waals surface area (Å²) in [5.41, 5.74) is 2.05. The Balaban J connectivity index is 1.70. The average molecular weight is 270 g/mol. The molecule has 4 heteroatoms. The molecule has 0 saturated carbocycles. The van der Waals surface area contributed by atoms with E-state index in [1.54, 1.807) is 0 Å². The number of carbonyl (C=O) groups is 1. The highest BCUT2D eigenvalue weighted by Gasteiger charge is 2.33. The van der Waals surface area contributed by atoms with E-state index in [0.717, 1.165) is 24.9 Å². The first-order chi connectivity index (χ1) is 9.84. The predicted molar refractivity (Wildman–Crippen MR) is 78.1 cm³/mol. The molecule has 4 nitrogen and oxygen atoms in total. The first-order valence-electron chi connectivity index (χ1n) is 6.98. The smallest absolute Gasteiger partial charge is 0.306 e. The van der Waals surface area contributed by atoms with Crippen molar-refractivity contribution in [2.45, 2.75) is 25.3 Å². The van der Waals surface area contributed by atoms with Gasteiger partial charge in [0.05, 0.1) is 12.6 Å². The molecule has 1 fully saturated rings. The molecule has 1 aliphatic carbocycles. The van der Waals surface area contributed by atoms with Crippen molar-refractivity contribution in [2.24, 2.45) is 0 Å². The van der Waals surface area contributed by atoms with Gasteiger partial charge < -0.3 is 5.32 Å². The summed E-state index contributed by atoms with van der Waals surface area (Å²) in [6.45, 7) is 0.591. The number of urea groups is 1. The molecule has 0 unspecified atom stereocenters. The zero-order chi connectivity index (χ0) is 13.8. The van der Waals surface area contributed by atoms with E-state index >= 15 is 0 Å². The van der Waals surface area contributed by atoms with Gasteiger partial charge in [0.1, 0.15) is 0 Å². The molecule has 104 valence electrons. The van der Waals surface area contributed by atoms with Crippen LogP contribution >= 0.6 is 0 Å². The van der Waals surface area contributed by atoms with Crippen LogP contribution in [0.25, 0.3) is 0 Å². The molecular formula is C16H18N2O2. The van der Waals surface area contributed by atoms with E-state index in [4.69, 9.17) is 4.84 Å². The van der Waals surface area contributed by atoms with Crippen LogP contribution in [0.1, 0.15) is 19.3 Å². The Morgan fingerprint density at radius 3 is 2.90 bits per heavy atom. The summed E-state index contributed by atoms with van der Waals surface area (Å²) in [5.74, 6) is 0. The van der Waals surface area contributed by atoms with Gasteiger partial charge in [-0.1, -0.05) is 36.4 Å². The largest absolute Gasteiger partial charge is 0.346 e. The van der Waals surface area contributed by atoms with Gasteiger partial charge in [-0.2, -0.15) is 5.06 Å². The fourth-order valence-electron chi connectivity index (χ4n) is 2.61. The van der Waals surface area contributed by atoms with Crippen molar-refractivity contribution in [1.82, 2.24) is 5.06 Å². The molecule has 3 rings (SSSR count). The third-order valence-electron chi connectivity index (χ3n) is 3.60. The highest BCUT2D eigenvalue weighted by molar-refractivity contribution is 5.89. The molecule has 2 amide bonds. The second-order valence-electron chi connectivity index (χ2n) is 4.97. The highest BCUT2D eigenvalue weighted by atomic mass is 16.7. The summed E-state index contributed by atoms with van der Waals surface area (Å²) >= 11 is 0. The SMILES string of the molecule is O=C(Nc1ccccc1)N1OCC[C@H]1C1=CC=CCC1. The van der Waals surface area contributed by atoms with Crippen molar-refractivity contribution in [3.8, 4) is 0 Å². The summed E-state index contributed by atoms with van der Waals surface area (Å²) < 4.78 is 0. The zero-order valence-corrected chi connectivity index (χ0v) is 11.3. The number of benzene rings is 1. The third-order valence-corrected chi connectivity index (χ3v) is 3.60. The maximum absolute atomic E-state index is 12.3. The van der Waals surface area contributed by atoms with Crippen LogP contribution in [0, 0.1) is 0 Å². The van der Waals surface area contributed by atoms with Crippen LogP contribution < -0.4 is 5.32 Å². The van der Waals surface area contributed by atoms with Gasteiger partial charge >= 0.3 is 6.03 Å². The molecular weight excluding hydrogens is 252 g/mol. The zero-order valence-electron chi connectivity index (χ0n) is 11.3. The molecule has 1 aromatic rings. The van der Waals surface area contributed by atoms with Gasteiger partial charge in [-0.25, -0.2) is 4.79 Å². The third kappa shape index (κ3) is 2.75. The first kappa shape index (κ1) is 12.9. The average Bonchev–Trinajstić information content (AvgIpc) is 2.99. The van der Waals surface area contributed by atoms with Crippen molar-refractivity contribution < 1.29 is 9.63 Å². The minimum absolute atomic E-state index is 0.0589.